The van der Waals surface area contributed by atoms with Crippen molar-refractivity contribution in [2.24, 2.45) is 4.99 Å². The van der Waals surface area contributed by atoms with Gasteiger partial charge in [0.2, 0.25) is 0 Å². The molecule has 2 aromatic carbocycles. The summed E-state index contributed by atoms with van der Waals surface area (Å²) in [7, 11) is 0. The Bertz CT molecular complexity index is 644. The van der Waals surface area contributed by atoms with Crippen molar-refractivity contribution in [2.45, 2.75) is 38.1 Å². The second-order valence-electron chi connectivity index (χ2n) is 5.96. The fraction of sp³-hybridized carbons (Fsp3) is 0.316. The molecule has 0 bridgehead atoms. The van der Waals surface area contributed by atoms with Gasteiger partial charge in [-0.25, -0.2) is 0 Å². The van der Waals surface area contributed by atoms with Gasteiger partial charge in [-0.2, -0.15) is 0 Å². The maximum atomic E-state index is 6.00. The number of para-hydroxylation sites is 4. The molecule has 2 aliphatic rings. The molecule has 0 saturated heterocycles. The molecule has 2 aromatic rings. The van der Waals surface area contributed by atoms with Crippen molar-refractivity contribution in [3.8, 4) is 11.5 Å². The molecule has 1 fully saturated rings. The molecule has 1 saturated carbocycles. The normalized spacial score (nSPS) is 17.9. The number of hydrogen-bond acceptors (Lipinski definition) is 2. The summed E-state index contributed by atoms with van der Waals surface area (Å²) in [6.45, 7) is 0. The summed E-state index contributed by atoms with van der Waals surface area (Å²) in [4.78, 5) is 7.01. The molecule has 0 unspecified atom stereocenters. The van der Waals surface area contributed by atoms with Gasteiger partial charge in [0, 0.05) is 0 Å². The molecule has 3 heteroatoms. The van der Waals surface area contributed by atoms with Crippen LogP contribution in [0.4, 0.5) is 11.4 Å². The van der Waals surface area contributed by atoms with E-state index in [4.69, 9.17) is 9.73 Å². The van der Waals surface area contributed by atoms with Crippen LogP contribution in [0.15, 0.2) is 53.5 Å². The first-order chi connectivity index (χ1) is 10.9. The minimum Gasteiger partial charge on any atom is -0.453 e. The van der Waals surface area contributed by atoms with Crippen molar-refractivity contribution in [2.75, 3.05) is 4.90 Å². The van der Waals surface area contributed by atoms with E-state index in [0.717, 1.165) is 22.9 Å². The number of hydrogen-bond donors (Lipinski definition) is 0. The standard InChI is InChI=1S/C19H20N2O/c1-2-8-15(9-3-1)20-14-21-16-10-4-6-12-18(16)22-19-13-7-5-11-17(19)21/h4-7,10-15H,1-3,8-9H2/b20-14+. The van der Waals surface area contributed by atoms with Gasteiger partial charge in [0.15, 0.2) is 11.5 Å². The van der Waals surface area contributed by atoms with Crippen molar-refractivity contribution in [1.29, 1.82) is 0 Å². The molecule has 0 atom stereocenters. The van der Waals surface area contributed by atoms with Crippen LogP contribution in [0.2, 0.25) is 0 Å². The van der Waals surface area contributed by atoms with E-state index in [-0.39, 0.29) is 0 Å². The minimum atomic E-state index is 0.468. The summed E-state index contributed by atoms with van der Waals surface area (Å²) < 4.78 is 6.00. The van der Waals surface area contributed by atoms with Crippen LogP contribution in [0.1, 0.15) is 32.1 Å². The maximum Gasteiger partial charge on any atom is 0.151 e. The van der Waals surface area contributed by atoms with Gasteiger partial charge >= 0.3 is 0 Å². The Morgan fingerprint density at radius 1 is 0.864 bits per heavy atom. The number of benzene rings is 2. The quantitative estimate of drug-likeness (QED) is 0.555. The molecule has 0 amide bonds. The monoisotopic (exact) mass is 292 g/mol. The van der Waals surface area contributed by atoms with Crippen molar-refractivity contribution in [3.05, 3.63) is 48.5 Å². The van der Waals surface area contributed by atoms with Crippen LogP contribution in [0, 0.1) is 0 Å². The van der Waals surface area contributed by atoms with Crippen molar-refractivity contribution >= 4 is 17.7 Å². The van der Waals surface area contributed by atoms with Crippen LogP contribution in [0.5, 0.6) is 11.5 Å². The molecular formula is C19H20N2O. The van der Waals surface area contributed by atoms with Crippen LogP contribution in [0.3, 0.4) is 0 Å². The van der Waals surface area contributed by atoms with Crippen molar-refractivity contribution in [1.82, 2.24) is 0 Å². The van der Waals surface area contributed by atoms with Crippen LogP contribution in [0.25, 0.3) is 0 Å². The molecule has 4 rings (SSSR count). The predicted molar refractivity (Wildman–Crippen MR) is 90.5 cm³/mol. The first-order valence-corrected chi connectivity index (χ1v) is 8.10. The first-order valence-electron chi connectivity index (χ1n) is 8.10. The molecular weight excluding hydrogens is 272 g/mol. The number of ether oxygens (including phenoxy) is 1. The SMILES string of the molecule is C(=N\C1CCCCC1)/N1c2ccccc2Oc2ccccc21. The average Bonchev–Trinajstić information content (AvgIpc) is 2.59. The fourth-order valence-corrected chi connectivity index (χ4v) is 3.25. The summed E-state index contributed by atoms with van der Waals surface area (Å²) in [6, 6.07) is 16.7. The summed E-state index contributed by atoms with van der Waals surface area (Å²) in [5.74, 6) is 1.77. The van der Waals surface area contributed by atoms with Crippen molar-refractivity contribution in [3.63, 3.8) is 0 Å². The van der Waals surface area contributed by atoms with Crippen LogP contribution < -0.4 is 9.64 Å². The molecule has 0 radical (unpaired) electrons. The van der Waals surface area contributed by atoms with E-state index in [0.29, 0.717) is 6.04 Å². The lowest BCUT2D eigenvalue weighted by Crippen LogP contribution is -2.21. The number of rotatable bonds is 2. The largest absolute Gasteiger partial charge is 0.453 e. The first kappa shape index (κ1) is 13.4. The molecule has 0 N–H and O–H groups in total. The highest BCUT2D eigenvalue weighted by molar-refractivity contribution is 5.95. The third kappa shape index (κ3) is 2.47. The minimum absolute atomic E-state index is 0.468. The number of anilines is 2. The van der Waals surface area contributed by atoms with Gasteiger partial charge in [-0.3, -0.25) is 9.89 Å². The summed E-state index contributed by atoms with van der Waals surface area (Å²) >= 11 is 0. The zero-order chi connectivity index (χ0) is 14.8. The van der Waals surface area contributed by atoms with Crippen LogP contribution in [-0.4, -0.2) is 12.4 Å². The lowest BCUT2D eigenvalue weighted by molar-refractivity contribution is 0.443. The number of fused-ring (bicyclic) bond motifs is 2. The smallest absolute Gasteiger partial charge is 0.151 e. The van der Waals surface area contributed by atoms with Gasteiger partial charge < -0.3 is 4.74 Å². The molecule has 1 aliphatic heterocycles. The Hall–Kier alpha value is -2.29. The van der Waals surface area contributed by atoms with E-state index in [1.165, 1.54) is 32.1 Å². The highest BCUT2D eigenvalue weighted by atomic mass is 16.5. The van der Waals surface area contributed by atoms with Crippen molar-refractivity contribution < 1.29 is 4.74 Å². The third-order valence-corrected chi connectivity index (χ3v) is 4.44. The second-order valence-corrected chi connectivity index (χ2v) is 5.96. The van der Waals surface area contributed by atoms with E-state index < -0.39 is 0 Å². The van der Waals surface area contributed by atoms with Gasteiger partial charge in [0.1, 0.15) is 0 Å². The summed E-state index contributed by atoms with van der Waals surface area (Å²) in [6.07, 6.45) is 8.39. The highest BCUT2D eigenvalue weighted by Crippen LogP contribution is 2.45. The number of nitrogens with zero attached hydrogens (tertiary/aromatic N) is 2. The van der Waals surface area contributed by atoms with Crippen LogP contribution >= 0.6 is 0 Å². The van der Waals surface area contributed by atoms with Gasteiger partial charge in [0.05, 0.1) is 23.8 Å². The zero-order valence-electron chi connectivity index (χ0n) is 12.6. The molecule has 1 aliphatic carbocycles. The van der Waals surface area contributed by atoms with E-state index in [1.54, 1.807) is 0 Å². The summed E-state index contributed by atoms with van der Waals surface area (Å²) in [5.41, 5.74) is 2.11. The van der Waals surface area contributed by atoms with Gasteiger partial charge in [-0.15, -0.1) is 0 Å². The van der Waals surface area contributed by atoms with Crippen LogP contribution in [-0.2, 0) is 0 Å². The molecule has 112 valence electrons. The molecule has 22 heavy (non-hydrogen) atoms. The Balaban J connectivity index is 1.69. The lowest BCUT2D eigenvalue weighted by atomic mass is 9.96. The van der Waals surface area contributed by atoms with E-state index in [9.17, 15) is 0 Å². The Morgan fingerprint density at radius 2 is 1.45 bits per heavy atom. The average molecular weight is 292 g/mol. The topological polar surface area (TPSA) is 24.8 Å². The fourth-order valence-electron chi connectivity index (χ4n) is 3.25. The van der Waals surface area contributed by atoms with E-state index in [1.807, 2.05) is 42.7 Å². The maximum absolute atomic E-state index is 6.00. The molecule has 0 spiro atoms. The number of aliphatic imine (C=N–C) groups is 1. The molecule has 0 aromatic heterocycles. The molecule has 3 nitrogen and oxygen atoms in total. The lowest BCUT2D eigenvalue weighted by Gasteiger charge is -2.30. The predicted octanol–water partition coefficient (Wildman–Crippen LogP) is 5.29. The zero-order valence-corrected chi connectivity index (χ0v) is 12.6. The van der Waals surface area contributed by atoms with Gasteiger partial charge in [0.25, 0.3) is 0 Å². The molecule has 1 heterocycles. The third-order valence-electron chi connectivity index (χ3n) is 4.44. The Kier molecular flexibility index (Phi) is 3.55. The Morgan fingerprint density at radius 3 is 2.09 bits per heavy atom. The van der Waals surface area contributed by atoms with Gasteiger partial charge in [-0.1, -0.05) is 43.5 Å². The highest BCUT2D eigenvalue weighted by Gasteiger charge is 2.23. The van der Waals surface area contributed by atoms with E-state index in [2.05, 4.69) is 17.0 Å². The summed E-state index contributed by atoms with van der Waals surface area (Å²) in [5, 5.41) is 0. The Labute approximate surface area is 131 Å². The van der Waals surface area contributed by atoms with Gasteiger partial charge in [-0.05, 0) is 37.1 Å². The van der Waals surface area contributed by atoms with E-state index >= 15 is 0 Å². The second kappa shape index (κ2) is 5.84.